The number of aromatic nitrogens is 1. The fraction of sp³-hybridized carbons (Fsp3) is 0. The Morgan fingerprint density at radius 3 is 2.40 bits per heavy atom. The number of nitrogens with zero attached hydrogens (tertiary/aromatic N) is 1. The second-order valence-corrected chi connectivity index (χ2v) is 2.59. The molecule has 0 saturated carbocycles. The predicted molar refractivity (Wildman–Crippen MR) is 45.2 cm³/mol. The van der Waals surface area contributed by atoms with Crippen LogP contribution in [0, 0.1) is 0 Å². The minimum absolute atomic E-state index is 0.360. The van der Waals surface area contributed by atoms with Crippen molar-refractivity contribution in [3.8, 4) is 0 Å². The first-order valence-corrected chi connectivity index (χ1v) is 3.37. The van der Waals surface area contributed by atoms with E-state index in [1.54, 1.807) is 0 Å². The van der Waals surface area contributed by atoms with Crippen molar-refractivity contribution in [1.82, 2.24) is 4.98 Å². The lowest BCUT2D eigenvalue weighted by atomic mass is 10.3. The highest BCUT2D eigenvalue weighted by molar-refractivity contribution is 9.10. The van der Waals surface area contributed by atoms with Gasteiger partial charge in [0, 0.05) is 6.07 Å². The maximum Gasteiger partial charge on any atom is 0.133 e. The zero-order valence-electron chi connectivity index (χ0n) is 5.13. The van der Waals surface area contributed by atoms with Crippen molar-refractivity contribution in [2.75, 3.05) is 17.2 Å². The lowest BCUT2D eigenvalue weighted by molar-refractivity contribution is 1.29. The summed E-state index contributed by atoms with van der Waals surface area (Å²) in [5, 5.41) is 0. The van der Waals surface area contributed by atoms with E-state index in [9.17, 15) is 0 Å². The average Bonchev–Trinajstić information content (AvgIpc) is 1.82. The van der Waals surface area contributed by atoms with Crippen LogP contribution < -0.4 is 17.2 Å². The first-order valence-electron chi connectivity index (χ1n) is 2.58. The van der Waals surface area contributed by atoms with Gasteiger partial charge in [0.05, 0.1) is 11.4 Å². The van der Waals surface area contributed by atoms with E-state index in [1.165, 1.54) is 6.07 Å². The molecular weight excluding hydrogens is 196 g/mol. The summed E-state index contributed by atoms with van der Waals surface area (Å²) >= 11 is 3.10. The fourth-order valence-corrected chi connectivity index (χ4v) is 0.996. The van der Waals surface area contributed by atoms with Crippen molar-refractivity contribution in [2.24, 2.45) is 0 Å². The van der Waals surface area contributed by atoms with Crippen LogP contribution in [0.4, 0.5) is 17.2 Å². The number of pyridine rings is 1. The zero-order chi connectivity index (χ0) is 7.72. The molecule has 0 aliphatic rings. The molecule has 0 saturated heterocycles. The van der Waals surface area contributed by atoms with Crippen LogP contribution in [0.1, 0.15) is 0 Å². The molecule has 0 fully saturated rings. The van der Waals surface area contributed by atoms with Gasteiger partial charge < -0.3 is 17.2 Å². The van der Waals surface area contributed by atoms with Crippen LogP contribution >= 0.6 is 15.9 Å². The summed E-state index contributed by atoms with van der Waals surface area (Å²) in [4.78, 5) is 3.82. The zero-order valence-corrected chi connectivity index (χ0v) is 6.72. The Morgan fingerprint density at radius 1 is 1.30 bits per heavy atom. The summed E-state index contributed by atoms with van der Waals surface area (Å²) < 4.78 is 0.491. The van der Waals surface area contributed by atoms with Crippen LogP contribution in [0.5, 0.6) is 0 Å². The highest BCUT2D eigenvalue weighted by Gasteiger charge is 2.01. The van der Waals surface area contributed by atoms with E-state index in [1.807, 2.05) is 0 Å². The SMILES string of the molecule is Nc1cc(N)c(N)c(Br)n1. The van der Waals surface area contributed by atoms with E-state index in [4.69, 9.17) is 17.2 Å². The first-order chi connectivity index (χ1) is 4.61. The Hall–Kier alpha value is -0.970. The summed E-state index contributed by atoms with van der Waals surface area (Å²) in [5.41, 5.74) is 17.1. The summed E-state index contributed by atoms with van der Waals surface area (Å²) in [6.45, 7) is 0. The third kappa shape index (κ3) is 1.13. The van der Waals surface area contributed by atoms with Crippen molar-refractivity contribution in [1.29, 1.82) is 0 Å². The molecule has 1 heterocycles. The minimum atomic E-state index is 0.360. The first kappa shape index (κ1) is 7.14. The number of hydrogen-bond donors (Lipinski definition) is 3. The molecule has 0 spiro atoms. The minimum Gasteiger partial charge on any atom is -0.397 e. The van der Waals surface area contributed by atoms with Gasteiger partial charge in [-0.3, -0.25) is 0 Å². The van der Waals surface area contributed by atoms with E-state index in [0.717, 1.165) is 0 Å². The topological polar surface area (TPSA) is 91.0 Å². The van der Waals surface area contributed by atoms with Crippen LogP contribution in [0.2, 0.25) is 0 Å². The molecular formula is C5H7BrN4. The molecule has 54 valence electrons. The summed E-state index contributed by atoms with van der Waals surface area (Å²) in [6, 6.07) is 1.51. The Kier molecular flexibility index (Phi) is 1.67. The Bertz CT molecular complexity index is 237. The Morgan fingerprint density at radius 2 is 1.90 bits per heavy atom. The van der Waals surface area contributed by atoms with Gasteiger partial charge >= 0.3 is 0 Å². The maximum absolute atomic E-state index is 5.46. The lowest BCUT2D eigenvalue weighted by Gasteiger charge is -2.01. The number of anilines is 3. The van der Waals surface area contributed by atoms with E-state index < -0.39 is 0 Å². The molecule has 1 aromatic rings. The van der Waals surface area contributed by atoms with Gasteiger partial charge in [0.25, 0.3) is 0 Å². The number of rotatable bonds is 0. The van der Waals surface area contributed by atoms with Crippen molar-refractivity contribution in [3.05, 3.63) is 10.7 Å². The maximum atomic E-state index is 5.46. The second-order valence-electron chi connectivity index (χ2n) is 1.84. The standard InChI is InChI=1S/C5H7BrN4/c6-5-4(9)2(7)1-3(8)10-5/h1H,9H2,(H4,7,8,10). The lowest BCUT2D eigenvalue weighted by Crippen LogP contribution is -2.00. The third-order valence-electron chi connectivity index (χ3n) is 1.06. The van der Waals surface area contributed by atoms with Crippen LogP contribution in [0.3, 0.4) is 0 Å². The van der Waals surface area contributed by atoms with Gasteiger partial charge in [-0.25, -0.2) is 4.98 Å². The monoisotopic (exact) mass is 202 g/mol. The fourth-order valence-electron chi connectivity index (χ4n) is 0.562. The van der Waals surface area contributed by atoms with Crippen molar-refractivity contribution < 1.29 is 0 Å². The van der Waals surface area contributed by atoms with E-state index in [-0.39, 0.29) is 0 Å². The number of hydrogen-bond acceptors (Lipinski definition) is 4. The van der Waals surface area contributed by atoms with Crippen LogP contribution in [0.15, 0.2) is 10.7 Å². The molecule has 0 radical (unpaired) electrons. The Labute approximate surface area is 66.5 Å². The quantitative estimate of drug-likeness (QED) is 0.538. The van der Waals surface area contributed by atoms with Crippen LogP contribution in [-0.2, 0) is 0 Å². The predicted octanol–water partition coefficient (Wildman–Crippen LogP) is 0.591. The van der Waals surface area contributed by atoms with Crippen molar-refractivity contribution in [2.45, 2.75) is 0 Å². The van der Waals surface area contributed by atoms with E-state index >= 15 is 0 Å². The molecule has 0 atom stereocenters. The van der Waals surface area contributed by atoms with E-state index in [2.05, 4.69) is 20.9 Å². The average molecular weight is 203 g/mol. The van der Waals surface area contributed by atoms with Gasteiger partial charge in [-0.1, -0.05) is 0 Å². The molecule has 1 rings (SSSR count). The molecule has 4 nitrogen and oxygen atoms in total. The van der Waals surface area contributed by atoms with Gasteiger partial charge in [-0.2, -0.15) is 0 Å². The number of nitrogens with two attached hydrogens (primary N) is 3. The van der Waals surface area contributed by atoms with Gasteiger partial charge in [0.2, 0.25) is 0 Å². The number of nitrogen functional groups attached to an aromatic ring is 3. The van der Waals surface area contributed by atoms with Crippen LogP contribution in [0.25, 0.3) is 0 Å². The normalized spacial score (nSPS) is 9.70. The van der Waals surface area contributed by atoms with Crippen LogP contribution in [-0.4, -0.2) is 4.98 Å². The second kappa shape index (κ2) is 2.34. The van der Waals surface area contributed by atoms with Gasteiger partial charge in [-0.15, -0.1) is 0 Å². The summed E-state index contributed by atoms with van der Waals surface area (Å²) in [6.07, 6.45) is 0. The Balaban J connectivity index is 3.31. The van der Waals surface area contributed by atoms with Gasteiger partial charge in [0.15, 0.2) is 0 Å². The highest BCUT2D eigenvalue weighted by atomic mass is 79.9. The molecule has 1 aromatic heterocycles. The molecule has 10 heavy (non-hydrogen) atoms. The molecule has 0 bridgehead atoms. The molecule has 0 amide bonds. The van der Waals surface area contributed by atoms with Gasteiger partial charge in [-0.05, 0) is 15.9 Å². The largest absolute Gasteiger partial charge is 0.397 e. The van der Waals surface area contributed by atoms with Crippen molar-refractivity contribution in [3.63, 3.8) is 0 Å². The molecule has 0 aromatic carbocycles. The number of halogens is 1. The molecule has 0 aliphatic heterocycles. The van der Waals surface area contributed by atoms with Crippen molar-refractivity contribution >= 4 is 33.1 Å². The molecule has 0 aliphatic carbocycles. The highest BCUT2D eigenvalue weighted by Crippen LogP contribution is 2.24. The molecule has 0 unspecified atom stereocenters. The smallest absolute Gasteiger partial charge is 0.133 e. The van der Waals surface area contributed by atoms with E-state index in [0.29, 0.717) is 21.8 Å². The summed E-state index contributed by atoms with van der Waals surface area (Å²) in [5.74, 6) is 0.360. The summed E-state index contributed by atoms with van der Waals surface area (Å²) in [7, 11) is 0. The molecule has 6 N–H and O–H groups in total. The van der Waals surface area contributed by atoms with Gasteiger partial charge in [0.1, 0.15) is 10.4 Å². The molecule has 5 heteroatoms. The third-order valence-corrected chi connectivity index (χ3v) is 1.67.